The molecule has 1 aliphatic carbocycles. The Labute approximate surface area is 140 Å². The molecular weight excluding hydrogens is 298 g/mol. The third-order valence-corrected chi connectivity index (χ3v) is 2.70. The molecule has 6 heteroatoms. The lowest BCUT2D eigenvalue weighted by Gasteiger charge is -2.10. The van der Waals surface area contributed by atoms with Gasteiger partial charge in [0.05, 0.1) is 0 Å². The van der Waals surface area contributed by atoms with E-state index in [-0.39, 0.29) is 13.0 Å². The second-order valence-electron chi connectivity index (χ2n) is 4.72. The van der Waals surface area contributed by atoms with Crippen molar-refractivity contribution in [3.05, 3.63) is 12.2 Å². The molecule has 1 amide bonds. The number of allylic oxidation sites excluding steroid dienone is 2. The van der Waals surface area contributed by atoms with Crippen molar-refractivity contribution < 1.29 is 24.6 Å². The molecule has 136 valence electrons. The molecule has 3 N–H and O–H groups in total. The summed E-state index contributed by atoms with van der Waals surface area (Å²) in [5, 5.41) is 17.5. The van der Waals surface area contributed by atoms with Gasteiger partial charge in [0.1, 0.15) is 6.54 Å². The number of carbonyl (C=O) groups excluding carboxylic acids is 1. The number of hydrogen-bond donors (Lipinski definition) is 3. The zero-order valence-corrected chi connectivity index (χ0v) is 14.9. The van der Waals surface area contributed by atoms with Gasteiger partial charge in [-0.15, -0.1) is 0 Å². The van der Waals surface area contributed by atoms with Crippen LogP contribution in [0.4, 0.5) is 0 Å². The van der Waals surface area contributed by atoms with E-state index in [1.54, 1.807) is 6.92 Å². The summed E-state index contributed by atoms with van der Waals surface area (Å²) in [7, 11) is 0. The average molecular weight is 331 g/mol. The number of rotatable bonds is 4. The highest BCUT2D eigenvalue weighted by Gasteiger charge is 2.01. The third-order valence-electron chi connectivity index (χ3n) is 2.70. The van der Waals surface area contributed by atoms with E-state index in [0.717, 1.165) is 5.92 Å². The van der Waals surface area contributed by atoms with E-state index >= 15 is 0 Å². The number of carboxylic acids is 2. The van der Waals surface area contributed by atoms with Gasteiger partial charge in [-0.05, 0) is 31.6 Å². The molecule has 0 aromatic carbocycles. The van der Waals surface area contributed by atoms with Crippen LogP contribution in [0.15, 0.2) is 12.2 Å². The maximum Gasteiger partial charge on any atom is 0.322 e. The van der Waals surface area contributed by atoms with E-state index in [9.17, 15) is 14.4 Å². The largest absolute Gasteiger partial charge is 0.481 e. The van der Waals surface area contributed by atoms with Crippen molar-refractivity contribution in [1.82, 2.24) is 5.32 Å². The summed E-state index contributed by atoms with van der Waals surface area (Å²) in [4.78, 5) is 28.2. The Morgan fingerprint density at radius 3 is 2.04 bits per heavy atom. The number of carbonyl (C=O) groups is 3. The number of carboxylic acid groups (broad SMARTS) is 2. The van der Waals surface area contributed by atoms with Crippen LogP contribution < -0.4 is 5.32 Å². The van der Waals surface area contributed by atoms with Gasteiger partial charge in [-0.1, -0.05) is 46.3 Å². The van der Waals surface area contributed by atoms with E-state index in [1.807, 2.05) is 19.2 Å². The number of aliphatic carboxylic acids is 2. The Balaban J connectivity index is -0.000000258. The standard InChI is InChI=1S/C9H16.C3H5NO3.C3H6O2.C2H6/c1-9-7-5-3-2-4-6-8-9;5-2-4-1-3(6)7;1-2-3(4)5;1-2/h2-3,9H,4-8H2,1H3;2H,1H2,(H,4,5)(H,6,7);2H2,1H3,(H,4,5);1-2H3/b3-2+;;;. The van der Waals surface area contributed by atoms with Crippen LogP contribution in [0.3, 0.4) is 0 Å². The Kier molecular flexibility index (Phi) is 25.4. The van der Waals surface area contributed by atoms with Crippen LogP contribution in [-0.2, 0) is 14.4 Å². The summed E-state index contributed by atoms with van der Waals surface area (Å²) in [6.45, 7) is 7.66. The van der Waals surface area contributed by atoms with Crippen molar-refractivity contribution in [2.75, 3.05) is 6.54 Å². The summed E-state index contributed by atoms with van der Waals surface area (Å²) in [6.07, 6.45) is 12.1. The molecule has 0 bridgehead atoms. The second-order valence-corrected chi connectivity index (χ2v) is 4.72. The highest BCUT2D eigenvalue weighted by Crippen LogP contribution is 2.17. The first-order chi connectivity index (χ1) is 10.9. The smallest absolute Gasteiger partial charge is 0.322 e. The van der Waals surface area contributed by atoms with Crippen molar-refractivity contribution in [1.29, 1.82) is 0 Å². The zero-order chi connectivity index (χ0) is 18.5. The summed E-state index contributed by atoms with van der Waals surface area (Å²) in [5.74, 6) is -0.813. The predicted molar refractivity (Wildman–Crippen MR) is 92.4 cm³/mol. The topological polar surface area (TPSA) is 104 Å². The average Bonchev–Trinajstić information content (AvgIpc) is 2.52. The normalized spacial score (nSPS) is 17.0. The van der Waals surface area contributed by atoms with Gasteiger partial charge in [-0.2, -0.15) is 0 Å². The first kappa shape index (κ1) is 26.1. The van der Waals surface area contributed by atoms with Crippen molar-refractivity contribution >= 4 is 18.3 Å². The first-order valence-electron chi connectivity index (χ1n) is 8.19. The van der Waals surface area contributed by atoms with Crippen molar-refractivity contribution in [3.8, 4) is 0 Å². The Morgan fingerprint density at radius 1 is 1.13 bits per heavy atom. The molecule has 0 aromatic heterocycles. The second kappa shape index (κ2) is 22.4. The Hall–Kier alpha value is -1.85. The monoisotopic (exact) mass is 331 g/mol. The Bertz CT molecular complexity index is 316. The minimum absolute atomic E-state index is 0.222. The van der Waals surface area contributed by atoms with E-state index in [0.29, 0.717) is 6.41 Å². The van der Waals surface area contributed by atoms with Gasteiger partial charge in [-0.3, -0.25) is 14.4 Å². The molecule has 1 aliphatic rings. The van der Waals surface area contributed by atoms with Crippen LogP contribution in [0, 0.1) is 5.92 Å². The number of amides is 1. The van der Waals surface area contributed by atoms with Gasteiger partial charge in [-0.25, -0.2) is 0 Å². The fraction of sp³-hybridized carbons (Fsp3) is 0.706. The molecule has 0 fully saturated rings. The highest BCUT2D eigenvalue weighted by molar-refractivity contribution is 5.71. The van der Waals surface area contributed by atoms with Gasteiger partial charge in [0.15, 0.2) is 0 Å². The van der Waals surface area contributed by atoms with Gasteiger partial charge < -0.3 is 15.5 Å². The Morgan fingerprint density at radius 2 is 1.65 bits per heavy atom. The van der Waals surface area contributed by atoms with Gasteiger partial charge in [0.2, 0.25) is 6.41 Å². The van der Waals surface area contributed by atoms with E-state index in [2.05, 4.69) is 19.1 Å². The predicted octanol–water partition coefficient (Wildman–Crippen LogP) is 3.47. The molecule has 1 rings (SSSR count). The minimum Gasteiger partial charge on any atom is -0.481 e. The quantitative estimate of drug-likeness (QED) is 0.540. The molecule has 6 nitrogen and oxygen atoms in total. The first-order valence-corrected chi connectivity index (χ1v) is 8.19. The van der Waals surface area contributed by atoms with Gasteiger partial charge in [0, 0.05) is 6.42 Å². The molecule has 23 heavy (non-hydrogen) atoms. The summed E-state index contributed by atoms with van der Waals surface area (Å²) in [5.41, 5.74) is 0. The van der Waals surface area contributed by atoms with Crippen LogP contribution in [0.5, 0.6) is 0 Å². The van der Waals surface area contributed by atoms with Crippen molar-refractivity contribution in [2.24, 2.45) is 5.92 Å². The maximum atomic E-state index is 9.54. The SMILES string of the molecule is CC.CC1CC/C=C/CCC1.CCC(=O)O.O=CNCC(=O)O. The lowest BCUT2D eigenvalue weighted by Crippen LogP contribution is -2.20. The molecule has 1 unspecified atom stereocenters. The van der Waals surface area contributed by atoms with Crippen LogP contribution in [-0.4, -0.2) is 35.1 Å². The summed E-state index contributed by atoms with van der Waals surface area (Å²) >= 11 is 0. The third kappa shape index (κ3) is 33.2. The summed E-state index contributed by atoms with van der Waals surface area (Å²) in [6, 6.07) is 0. The molecule has 0 heterocycles. The lowest BCUT2D eigenvalue weighted by atomic mass is 9.96. The van der Waals surface area contributed by atoms with Crippen molar-refractivity contribution in [2.45, 2.75) is 66.2 Å². The van der Waals surface area contributed by atoms with Gasteiger partial charge >= 0.3 is 11.9 Å². The fourth-order valence-electron chi connectivity index (χ4n) is 1.47. The molecule has 0 radical (unpaired) electrons. The molecule has 0 saturated heterocycles. The van der Waals surface area contributed by atoms with Crippen LogP contribution in [0.2, 0.25) is 0 Å². The van der Waals surface area contributed by atoms with E-state index in [4.69, 9.17) is 10.2 Å². The van der Waals surface area contributed by atoms with Crippen LogP contribution in [0.1, 0.15) is 66.2 Å². The molecule has 0 saturated carbocycles. The molecule has 0 aliphatic heterocycles. The number of hydrogen-bond acceptors (Lipinski definition) is 3. The molecule has 0 spiro atoms. The van der Waals surface area contributed by atoms with Crippen LogP contribution in [0.25, 0.3) is 0 Å². The molecule has 0 aromatic rings. The van der Waals surface area contributed by atoms with E-state index < -0.39 is 11.9 Å². The maximum absolute atomic E-state index is 9.54. The fourth-order valence-corrected chi connectivity index (χ4v) is 1.47. The summed E-state index contributed by atoms with van der Waals surface area (Å²) < 4.78 is 0. The van der Waals surface area contributed by atoms with E-state index in [1.165, 1.54) is 32.1 Å². The zero-order valence-electron chi connectivity index (χ0n) is 14.9. The van der Waals surface area contributed by atoms with Crippen LogP contribution >= 0.6 is 0 Å². The highest BCUT2D eigenvalue weighted by atomic mass is 16.4. The lowest BCUT2D eigenvalue weighted by molar-refractivity contribution is -0.137. The number of nitrogens with one attached hydrogen (secondary N) is 1. The minimum atomic E-state index is -1.04. The molecule has 1 atom stereocenters. The molecular formula is C17H33NO5. The van der Waals surface area contributed by atoms with Gasteiger partial charge in [0.25, 0.3) is 0 Å². The van der Waals surface area contributed by atoms with Crippen molar-refractivity contribution in [3.63, 3.8) is 0 Å².